The number of aromatic nitrogens is 2. The number of anilines is 1. The van der Waals surface area contributed by atoms with E-state index in [1.165, 1.54) is 22.7 Å². The minimum Gasteiger partial charge on any atom is -0.497 e. The number of rotatable bonds is 5. The van der Waals surface area contributed by atoms with Crippen molar-refractivity contribution in [3.05, 3.63) is 46.7 Å². The van der Waals surface area contributed by atoms with E-state index < -0.39 is 18.0 Å². The van der Waals surface area contributed by atoms with Crippen molar-refractivity contribution < 1.29 is 19.1 Å². The normalized spacial score (nSPS) is 12.0. The van der Waals surface area contributed by atoms with Crippen LogP contribution in [0.1, 0.15) is 17.4 Å². The molecular formula is C16H14ClN3O4S. The van der Waals surface area contributed by atoms with Gasteiger partial charge >= 0.3 is 5.97 Å². The van der Waals surface area contributed by atoms with Crippen LogP contribution in [0.15, 0.2) is 35.8 Å². The number of nitrogens with one attached hydrogen (secondary N) is 1. The monoisotopic (exact) mass is 379 g/mol. The molecule has 0 fully saturated rings. The fraction of sp³-hybridized carbons (Fsp3) is 0.188. The summed E-state index contributed by atoms with van der Waals surface area (Å²) >= 11 is 7.33. The summed E-state index contributed by atoms with van der Waals surface area (Å²) in [5, 5.41) is 4.48. The highest BCUT2D eigenvalue weighted by Gasteiger charge is 2.25. The number of ether oxygens (including phenoxy) is 2. The molecule has 1 N–H and O–H groups in total. The minimum atomic E-state index is -1.00. The maximum absolute atomic E-state index is 12.3. The van der Waals surface area contributed by atoms with Crippen LogP contribution in [0.2, 0.25) is 5.15 Å². The number of fused-ring (bicyclic) bond motifs is 1. The number of esters is 1. The molecule has 2 aromatic heterocycles. The van der Waals surface area contributed by atoms with Gasteiger partial charge in [-0.15, -0.1) is 11.3 Å². The highest BCUT2D eigenvalue weighted by molar-refractivity contribution is 7.15. The molecule has 0 aliphatic rings. The van der Waals surface area contributed by atoms with Crippen LogP contribution in [0.4, 0.5) is 5.69 Å². The molecule has 2 heterocycles. The first-order valence-electron chi connectivity index (χ1n) is 7.26. The van der Waals surface area contributed by atoms with E-state index >= 15 is 0 Å². The van der Waals surface area contributed by atoms with Crippen LogP contribution in [0.3, 0.4) is 0 Å². The van der Waals surface area contributed by atoms with Gasteiger partial charge in [0, 0.05) is 17.3 Å². The number of carbonyl (C=O) groups excluding carboxylic acids is 2. The zero-order valence-corrected chi connectivity index (χ0v) is 14.9. The largest absolute Gasteiger partial charge is 0.497 e. The number of amides is 1. The molecule has 0 unspecified atom stereocenters. The number of hydrogen-bond donors (Lipinski definition) is 1. The van der Waals surface area contributed by atoms with Gasteiger partial charge in [-0.25, -0.2) is 9.78 Å². The first-order chi connectivity index (χ1) is 12.0. The fourth-order valence-corrected chi connectivity index (χ4v) is 3.14. The number of carbonyl (C=O) groups is 2. The Morgan fingerprint density at radius 2 is 2.04 bits per heavy atom. The molecule has 1 aromatic carbocycles. The van der Waals surface area contributed by atoms with E-state index in [4.69, 9.17) is 21.1 Å². The summed E-state index contributed by atoms with van der Waals surface area (Å²) in [6.45, 7) is 1.48. The van der Waals surface area contributed by atoms with Crippen LogP contribution >= 0.6 is 22.9 Å². The van der Waals surface area contributed by atoms with Crippen molar-refractivity contribution in [3.8, 4) is 5.75 Å². The third-order valence-corrected chi connectivity index (χ3v) is 4.44. The lowest BCUT2D eigenvalue weighted by atomic mass is 10.3. The first-order valence-corrected chi connectivity index (χ1v) is 8.52. The van der Waals surface area contributed by atoms with E-state index in [0.29, 0.717) is 16.4 Å². The number of hydrogen-bond acceptors (Lipinski definition) is 6. The Kier molecular flexibility index (Phi) is 4.91. The third-order valence-electron chi connectivity index (χ3n) is 3.42. The zero-order chi connectivity index (χ0) is 18.0. The number of thiazole rings is 1. The molecule has 7 nitrogen and oxygen atoms in total. The quantitative estimate of drug-likeness (QED) is 0.688. The molecule has 0 spiro atoms. The summed E-state index contributed by atoms with van der Waals surface area (Å²) in [6, 6.07) is 6.80. The molecule has 9 heteroatoms. The topological polar surface area (TPSA) is 81.9 Å². The average molecular weight is 380 g/mol. The summed E-state index contributed by atoms with van der Waals surface area (Å²) in [6.07, 6.45) is 0.659. The van der Waals surface area contributed by atoms with Crippen molar-refractivity contribution in [1.29, 1.82) is 0 Å². The lowest BCUT2D eigenvalue weighted by Gasteiger charge is -2.13. The van der Waals surface area contributed by atoms with Crippen LogP contribution in [-0.4, -0.2) is 34.5 Å². The number of imidazole rings is 1. The van der Waals surface area contributed by atoms with Gasteiger partial charge in [-0.1, -0.05) is 11.6 Å². The number of benzene rings is 1. The molecule has 3 rings (SSSR count). The molecule has 0 bridgehead atoms. The van der Waals surface area contributed by atoms with E-state index in [-0.39, 0.29) is 10.8 Å². The standard InChI is InChI=1S/C16H14ClN3O4S/c1-9(14(21)18-10-3-5-11(23-2)6-4-10)24-15(22)12-13(17)19-16-20(12)7-8-25-16/h3-9H,1-2H3,(H,18,21)/t9-/m1/s1. The van der Waals surface area contributed by atoms with Crippen molar-refractivity contribution in [2.24, 2.45) is 0 Å². The predicted molar refractivity (Wildman–Crippen MR) is 94.6 cm³/mol. The Labute approximate surface area is 152 Å². The van der Waals surface area contributed by atoms with E-state index in [2.05, 4.69) is 10.3 Å². The van der Waals surface area contributed by atoms with Gasteiger partial charge in [-0.3, -0.25) is 9.20 Å². The van der Waals surface area contributed by atoms with Crippen LogP contribution < -0.4 is 10.1 Å². The lowest BCUT2D eigenvalue weighted by Crippen LogP contribution is -2.30. The fourth-order valence-electron chi connectivity index (χ4n) is 2.13. The second kappa shape index (κ2) is 7.12. The van der Waals surface area contributed by atoms with Gasteiger partial charge in [-0.05, 0) is 31.2 Å². The molecule has 1 amide bonds. The Morgan fingerprint density at radius 3 is 2.72 bits per heavy atom. The summed E-state index contributed by atoms with van der Waals surface area (Å²) in [5.41, 5.74) is 0.665. The van der Waals surface area contributed by atoms with E-state index in [1.807, 2.05) is 0 Å². The first kappa shape index (κ1) is 17.2. The van der Waals surface area contributed by atoms with Gasteiger partial charge in [-0.2, -0.15) is 0 Å². The molecule has 130 valence electrons. The molecule has 0 radical (unpaired) electrons. The Hall–Kier alpha value is -2.58. The summed E-state index contributed by atoms with van der Waals surface area (Å²) in [4.78, 5) is 29.2. The van der Waals surface area contributed by atoms with Crippen LogP contribution in [0.25, 0.3) is 4.96 Å². The van der Waals surface area contributed by atoms with Crippen molar-refractivity contribution in [3.63, 3.8) is 0 Å². The van der Waals surface area contributed by atoms with Crippen molar-refractivity contribution in [1.82, 2.24) is 9.38 Å². The highest BCUT2D eigenvalue weighted by atomic mass is 35.5. The number of halogens is 1. The summed E-state index contributed by atoms with van der Waals surface area (Å²) in [5.74, 6) is -0.498. The maximum Gasteiger partial charge on any atom is 0.359 e. The number of nitrogens with zero attached hydrogens (tertiary/aromatic N) is 2. The second-order valence-corrected chi connectivity index (χ2v) is 6.30. The Balaban J connectivity index is 1.67. The Bertz CT molecular complexity index is 919. The molecule has 0 saturated carbocycles. The third kappa shape index (κ3) is 3.59. The van der Waals surface area contributed by atoms with Gasteiger partial charge in [0.25, 0.3) is 5.91 Å². The summed E-state index contributed by atoms with van der Waals surface area (Å²) in [7, 11) is 1.56. The molecular weight excluding hydrogens is 366 g/mol. The average Bonchev–Trinajstić information content (AvgIpc) is 3.15. The molecule has 0 saturated heterocycles. The summed E-state index contributed by atoms with van der Waals surface area (Å²) < 4.78 is 11.8. The smallest absolute Gasteiger partial charge is 0.359 e. The zero-order valence-electron chi connectivity index (χ0n) is 13.4. The molecule has 0 aliphatic carbocycles. The number of methoxy groups -OCH3 is 1. The van der Waals surface area contributed by atoms with Gasteiger partial charge in [0.1, 0.15) is 5.75 Å². The van der Waals surface area contributed by atoms with E-state index in [1.54, 1.807) is 43.0 Å². The van der Waals surface area contributed by atoms with Crippen molar-refractivity contribution in [2.45, 2.75) is 13.0 Å². The molecule has 3 aromatic rings. The van der Waals surface area contributed by atoms with Crippen LogP contribution in [0, 0.1) is 0 Å². The molecule has 1 atom stereocenters. The molecule has 0 aliphatic heterocycles. The van der Waals surface area contributed by atoms with Crippen LogP contribution in [0.5, 0.6) is 5.75 Å². The lowest BCUT2D eigenvalue weighted by molar-refractivity contribution is -0.123. The molecule has 25 heavy (non-hydrogen) atoms. The van der Waals surface area contributed by atoms with Crippen LogP contribution in [-0.2, 0) is 9.53 Å². The SMILES string of the molecule is COc1ccc(NC(=O)[C@@H](C)OC(=O)c2c(Cl)nc3sccn23)cc1. The van der Waals surface area contributed by atoms with Gasteiger partial charge in [0.2, 0.25) is 0 Å². The minimum absolute atomic E-state index is 0.0413. The van der Waals surface area contributed by atoms with Crippen molar-refractivity contribution in [2.75, 3.05) is 12.4 Å². The predicted octanol–water partition coefficient (Wildman–Crippen LogP) is 3.24. The van der Waals surface area contributed by atoms with E-state index in [0.717, 1.165) is 0 Å². The van der Waals surface area contributed by atoms with Gasteiger partial charge in [0.15, 0.2) is 21.9 Å². The van der Waals surface area contributed by atoms with Crippen molar-refractivity contribution >= 4 is 45.5 Å². The Morgan fingerprint density at radius 1 is 1.32 bits per heavy atom. The van der Waals surface area contributed by atoms with E-state index in [9.17, 15) is 9.59 Å². The maximum atomic E-state index is 12.3. The highest BCUT2D eigenvalue weighted by Crippen LogP contribution is 2.22. The second-order valence-electron chi connectivity index (χ2n) is 5.07. The van der Waals surface area contributed by atoms with Gasteiger partial charge < -0.3 is 14.8 Å². The van der Waals surface area contributed by atoms with Gasteiger partial charge in [0.05, 0.1) is 7.11 Å².